The van der Waals surface area contributed by atoms with E-state index in [9.17, 15) is 4.79 Å². The van der Waals surface area contributed by atoms with Gasteiger partial charge in [0, 0.05) is 11.7 Å². The summed E-state index contributed by atoms with van der Waals surface area (Å²) in [6, 6.07) is 8.40. The second-order valence-electron chi connectivity index (χ2n) is 4.82. The van der Waals surface area contributed by atoms with E-state index in [-0.39, 0.29) is 5.92 Å². The summed E-state index contributed by atoms with van der Waals surface area (Å²) in [6.07, 6.45) is 6.26. The van der Waals surface area contributed by atoms with Crippen molar-refractivity contribution in [3.05, 3.63) is 42.1 Å². The van der Waals surface area contributed by atoms with Gasteiger partial charge < -0.3 is 10.1 Å². The van der Waals surface area contributed by atoms with E-state index < -0.39 is 5.97 Å². The fourth-order valence-electron chi connectivity index (χ4n) is 2.57. The number of allylic oxidation sites excluding steroid dienone is 2. The Morgan fingerprint density at radius 2 is 2.22 bits per heavy atom. The average molecular weight is 241 g/mol. The summed E-state index contributed by atoms with van der Waals surface area (Å²) in [6.45, 7) is 0. The minimum atomic E-state index is -0.675. The first kappa shape index (κ1) is 11.1. The molecule has 1 aromatic heterocycles. The molecule has 0 saturated carbocycles. The molecular formula is C15H15NO2. The first-order chi connectivity index (χ1) is 8.74. The smallest absolute Gasteiger partial charge is 0.306 e. The summed E-state index contributed by atoms with van der Waals surface area (Å²) >= 11 is 0. The molecule has 1 aromatic carbocycles. The normalized spacial score (nSPS) is 19.8. The van der Waals surface area contributed by atoms with Crippen LogP contribution in [0.3, 0.4) is 0 Å². The summed E-state index contributed by atoms with van der Waals surface area (Å²) in [5, 5.41) is 10.2. The number of benzene rings is 1. The van der Waals surface area contributed by atoms with Crippen LogP contribution in [0.2, 0.25) is 0 Å². The van der Waals surface area contributed by atoms with Crippen LogP contribution in [0.15, 0.2) is 36.5 Å². The number of hydrogen-bond donors (Lipinski definition) is 2. The van der Waals surface area contributed by atoms with E-state index in [0.29, 0.717) is 6.42 Å². The molecule has 18 heavy (non-hydrogen) atoms. The molecule has 2 N–H and O–H groups in total. The van der Waals surface area contributed by atoms with Crippen LogP contribution in [-0.4, -0.2) is 16.1 Å². The molecule has 3 rings (SSSR count). The Morgan fingerprint density at radius 3 is 2.94 bits per heavy atom. The van der Waals surface area contributed by atoms with Crippen LogP contribution in [0, 0.1) is 5.92 Å². The van der Waals surface area contributed by atoms with Crippen molar-refractivity contribution in [2.45, 2.75) is 19.3 Å². The summed E-state index contributed by atoms with van der Waals surface area (Å²) in [5.74, 6) is -0.879. The predicted molar refractivity (Wildman–Crippen MR) is 71.3 cm³/mol. The fraction of sp³-hybridized carbons (Fsp3) is 0.267. The maximum Gasteiger partial charge on any atom is 0.306 e. The number of carboxylic acids is 1. The molecule has 3 heteroatoms. The van der Waals surface area contributed by atoms with Crippen LogP contribution < -0.4 is 0 Å². The standard InChI is InChI=1S/C15H15NO2/c17-15(18)11-3-1-10(2-4-11)12-5-6-14-13(9-12)7-8-16-14/h1,5-9,11,16H,2-4H2,(H,17,18). The van der Waals surface area contributed by atoms with Crippen LogP contribution in [0.5, 0.6) is 0 Å². The summed E-state index contributed by atoms with van der Waals surface area (Å²) in [7, 11) is 0. The van der Waals surface area contributed by atoms with Gasteiger partial charge in [-0.05, 0) is 54.0 Å². The van der Waals surface area contributed by atoms with Gasteiger partial charge >= 0.3 is 5.97 Å². The fourth-order valence-corrected chi connectivity index (χ4v) is 2.57. The number of H-pyrrole nitrogens is 1. The molecule has 92 valence electrons. The zero-order valence-corrected chi connectivity index (χ0v) is 10.0. The third kappa shape index (κ3) is 1.92. The van der Waals surface area contributed by atoms with E-state index in [0.717, 1.165) is 18.4 Å². The molecule has 1 unspecified atom stereocenters. The van der Waals surface area contributed by atoms with Crippen molar-refractivity contribution in [2.75, 3.05) is 0 Å². The second-order valence-corrected chi connectivity index (χ2v) is 4.82. The molecule has 0 spiro atoms. The molecule has 0 bridgehead atoms. The lowest BCUT2D eigenvalue weighted by molar-refractivity contribution is -0.141. The highest BCUT2D eigenvalue weighted by molar-refractivity contribution is 5.84. The number of aromatic amines is 1. The number of carbonyl (C=O) groups is 1. The first-order valence-corrected chi connectivity index (χ1v) is 6.23. The molecule has 0 radical (unpaired) electrons. The molecule has 0 amide bonds. The largest absolute Gasteiger partial charge is 0.481 e. The first-order valence-electron chi connectivity index (χ1n) is 6.23. The highest BCUT2D eigenvalue weighted by atomic mass is 16.4. The number of hydrogen-bond acceptors (Lipinski definition) is 1. The van der Waals surface area contributed by atoms with Gasteiger partial charge in [0.2, 0.25) is 0 Å². The third-order valence-electron chi connectivity index (χ3n) is 3.68. The Hall–Kier alpha value is -2.03. The van der Waals surface area contributed by atoms with E-state index in [2.05, 4.69) is 35.3 Å². The minimum Gasteiger partial charge on any atom is -0.481 e. The Kier molecular flexibility index (Phi) is 2.67. The Balaban J connectivity index is 1.89. The van der Waals surface area contributed by atoms with Gasteiger partial charge in [0.05, 0.1) is 5.92 Å². The lowest BCUT2D eigenvalue weighted by Crippen LogP contribution is -2.15. The number of aliphatic carboxylic acids is 1. The topological polar surface area (TPSA) is 53.1 Å². The van der Waals surface area contributed by atoms with E-state index in [4.69, 9.17) is 5.11 Å². The van der Waals surface area contributed by atoms with Crippen molar-refractivity contribution < 1.29 is 9.90 Å². The number of fused-ring (bicyclic) bond motifs is 1. The monoisotopic (exact) mass is 241 g/mol. The maximum atomic E-state index is 10.9. The van der Waals surface area contributed by atoms with Crippen molar-refractivity contribution in [3.63, 3.8) is 0 Å². The van der Waals surface area contributed by atoms with Crippen molar-refractivity contribution in [2.24, 2.45) is 5.92 Å². The van der Waals surface area contributed by atoms with Crippen LogP contribution in [0.1, 0.15) is 24.8 Å². The summed E-state index contributed by atoms with van der Waals surface area (Å²) in [5.41, 5.74) is 3.63. The van der Waals surface area contributed by atoms with E-state index >= 15 is 0 Å². The molecular weight excluding hydrogens is 226 g/mol. The van der Waals surface area contributed by atoms with Crippen molar-refractivity contribution in [1.82, 2.24) is 4.98 Å². The lowest BCUT2D eigenvalue weighted by atomic mass is 9.86. The Labute approximate surface area is 105 Å². The van der Waals surface area contributed by atoms with Gasteiger partial charge in [0.15, 0.2) is 0 Å². The lowest BCUT2D eigenvalue weighted by Gasteiger charge is -2.18. The molecule has 1 heterocycles. The highest BCUT2D eigenvalue weighted by Crippen LogP contribution is 2.31. The summed E-state index contributed by atoms with van der Waals surface area (Å²) < 4.78 is 0. The third-order valence-corrected chi connectivity index (χ3v) is 3.68. The van der Waals surface area contributed by atoms with Crippen molar-refractivity contribution >= 4 is 22.4 Å². The van der Waals surface area contributed by atoms with Crippen LogP contribution >= 0.6 is 0 Å². The predicted octanol–water partition coefficient (Wildman–Crippen LogP) is 3.44. The molecule has 1 atom stereocenters. The van der Waals surface area contributed by atoms with Gasteiger partial charge in [-0.15, -0.1) is 0 Å². The SMILES string of the molecule is O=C(O)C1CC=C(c2ccc3[nH]ccc3c2)CC1. The molecule has 2 aromatic rings. The molecule has 0 aliphatic heterocycles. The van der Waals surface area contributed by atoms with Crippen molar-refractivity contribution in [3.8, 4) is 0 Å². The molecule has 1 aliphatic carbocycles. The van der Waals surface area contributed by atoms with Crippen LogP contribution in [0.25, 0.3) is 16.5 Å². The second kappa shape index (κ2) is 4.33. The molecule has 0 saturated heterocycles. The highest BCUT2D eigenvalue weighted by Gasteiger charge is 2.21. The molecule has 0 fully saturated rings. The zero-order chi connectivity index (χ0) is 12.5. The zero-order valence-electron chi connectivity index (χ0n) is 10.0. The summed E-state index contributed by atoms with van der Waals surface area (Å²) in [4.78, 5) is 14.1. The number of aromatic nitrogens is 1. The Morgan fingerprint density at radius 1 is 1.33 bits per heavy atom. The number of nitrogens with one attached hydrogen (secondary N) is 1. The Bertz CT molecular complexity index is 624. The van der Waals surface area contributed by atoms with Crippen molar-refractivity contribution in [1.29, 1.82) is 0 Å². The van der Waals surface area contributed by atoms with E-state index in [1.165, 1.54) is 16.5 Å². The van der Waals surface area contributed by atoms with Gasteiger partial charge in [0.1, 0.15) is 0 Å². The van der Waals surface area contributed by atoms with Gasteiger partial charge in [-0.1, -0.05) is 12.1 Å². The van der Waals surface area contributed by atoms with E-state index in [1.54, 1.807) is 0 Å². The minimum absolute atomic E-state index is 0.204. The molecule has 1 aliphatic rings. The quantitative estimate of drug-likeness (QED) is 0.846. The number of rotatable bonds is 2. The van der Waals surface area contributed by atoms with Gasteiger partial charge in [0.25, 0.3) is 0 Å². The molecule has 3 nitrogen and oxygen atoms in total. The van der Waals surface area contributed by atoms with Crippen LogP contribution in [0.4, 0.5) is 0 Å². The van der Waals surface area contributed by atoms with Gasteiger partial charge in [-0.3, -0.25) is 4.79 Å². The van der Waals surface area contributed by atoms with Gasteiger partial charge in [-0.25, -0.2) is 0 Å². The van der Waals surface area contributed by atoms with Crippen LogP contribution in [-0.2, 0) is 4.79 Å². The van der Waals surface area contributed by atoms with Gasteiger partial charge in [-0.2, -0.15) is 0 Å². The van der Waals surface area contributed by atoms with E-state index in [1.807, 2.05) is 6.20 Å². The number of carboxylic acid groups (broad SMARTS) is 1. The average Bonchev–Trinajstić information content (AvgIpc) is 2.86. The maximum absolute atomic E-state index is 10.9.